The highest BCUT2D eigenvalue weighted by molar-refractivity contribution is 7.99. The molecule has 2 aromatic rings. The summed E-state index contributed by atoms with van der Waals surface area (Å²) in [5, 5.41) is 3.66. The largest absolute Gasteiger partial charge is 0.489 e. The Labute approximate surface area is 292 Å². The number of halogens is 5. The molecule has 0 unspecified atom stereocenters. The molecule has 3 fully saturated rings. The first-order chi connectivity index (χ1) is 23.4. The molecule has 49 heavy (non-hydrogen) atoms. The lowest BCUT2D eigenvalue weighted by atomic mass is 9.52. The fourth-order valence-electron chi connectivity index (χ4n) is 9.78. The van der Waals surface area contributed by atoms with Crippen molar-refractivity contribution in [2.75, 3.05) is 18.1 Å². The molecule has 0 spiro atoms. The lowest BCUT2D eigenvalue weighted by Crippen LogP contribution is -2.46. The summed E-state index contributed by atoms with van der Waals surface area (Å²) in [6.07, 6.45) is 5.54. The van der Waals surface area contributed by atoms with E-state index < -0.39 is 18.5 Å². The first-order valence-electron chi connectivity index (χ1n) is 18.5. The zero-order valence-electron chi connectivity index (χ0n) is 28.8. The highest BCUT2D eigenvalue weighted by Crippen LogP contribution is 2.61. The summed E-state index contributed by atoms with van der Waals surface area (Å²) in [5.74, 6) is -0.188. The van der Waals surface area contributed by atoms with Gasteiger partial charge in [0.2, 0.25) is 0 Å². The van der Waals surface area contributed by atoms with Gasteiger partial charge in [-0.25, -0.2) is 0 Å². The van der Waals surface area contributed by atoms with Gasteiger partial charge in [-0.05, 0) is 123 Å². The molecule has 4 aliphatic rings. The van der Waals surface area contributed by atoms with Crippen molar-refractivity contribution in [2.45, 2.75) is 127 Å². The van der Waals surface area contributed by atoms with Gasteiger partial charge in [-0.2, -0.15) is 33.7 Å². The van der Waals surface area contributed by atoms with E-state index in [4.69, 9.17) is 4.74 Å². The van der Waals surface area contributed by atoms with E-state index in [1.807, 2.05) is 18.2 Å². The zero-order valence-corrected chi connectivity index (χ0v) is 29.6. The van der Waals surface area contributed by atoms with Crippen LogP contribution in [0.1, 0.15) is 113 Å². The van der Waals surface area contributed by atoms with E-state index in [1.165, 1.54) is 22.9 Å². The predicted molar refractivity (Wildman–Crippen MR) is 186 cm³/mol. The Kier molecular flexibility index (Phi) is 11.4. The number of benzene rings is 2. The van der Waals surface area contributed by atoms with Crippen molar-refractivity contribution >= 4 is 17.5 Å². The normalized spacial score (nSPS) is 29.8. The van der Waals surface area contributed by atoms with Gasteiger partial charge in [0.05, 0.1) is 0 Å². The number of ether oxygens (including phenoxy) is 1. The Bertz CT molecular complexity index is 1410. The molecule has 2 saturated carbocycles. The van der Waals surface area contributed by atoms with Crippen LogP contribution in [-0.2, 0) is 17.8 Å². The minimum atomic E-state index is -5.47. The Balaban J connectivity index is 1.05. The number of unbranched alkanes of at least 4 members (excludes halogenated alkanes) is 2. The lowest BCUT2D eigenvalue weighted by molar-refractivity contribution is -0.284. The number of hydrogen-bond donors (Lipinski definition) is 1. The maximum atomic E-state index is 13.3. The van der Waals surface area contributed by atoms with E-state index in [-0.39, 0.29) is 17.4 Å². The van der Waals surface area contributed by atoms with Crippen LogP contribution >= 0.6 is 11.8 Å². The molecule has 1 heterocycles. The van der Waals surface area contributed by atoms with E-state index in [9.17, 15) is 26.7 Å². The molecule has 0 amide bonds. The summed E-state index contributed by atoms with van der Waals surface area (Å²) in [4.78, 5) is 13.1. The number of rotatable bonds is 15. The third kappa shape index (κ3) is 8.18. The van der Waals surface area contributed by atoms with Gasteiger partial charge in [-0.1, -0.05) is 62.6 Å². The Morgan fingerprint density at radius 1 is 0.980 bits per heavy atom. The average molecular weight is 706 g/mol. The molecule has 1 N–H and O–H groups in total. The summed E-state index contributed by atoms with van der Waals surface area (Å²) in [6.45, 7) is 3.71. The van der Waals surface area contributed by atoms with Crippen molar-refractivity contribution in [3.8, 4) is 5.75 Å². The Morgan fingerprint density at radius 3 is 2.55 bits per heavy atom. The van der Waals surface area contributed by atoms with E-state index in [1.54, 1.807) is 0 Å². The van der Waals surface area contributed by atoms with Crippen LogP contribution in [0.25, 0.3) is 0 Å². The number of alkyl halides is 5. The van der Waals surface area contributed by atoms with Crippen LogP contribution in [-0.4, -0.2) is 41.5 Å². The molecular formula is C40H52F5NO2S. The molecule has 9 heteroatoms. The van der Waals surface area contributed by atoms with Crippen LogP contribution < -0.4 is 10.1 Å². The summed E-state index contributed by atoms with van der Waals surface area (Å²) in [7, 11) is 0. The van der Waals surface area contributed by atoms with Gasteiger partial charge in [0.15, 0.2) is 0 Å². The standard InChI is InChI=1S/C40H52F5NO2S/c1-37-21-17-33-32-14-13-31(48-26-28-10-4-2-5-11-28)25-30(32)24-29(36(33)34(37)15-16-35(37)47)12-6-3-7-18-38(19-8-22-46-38)27-49-23-9-20-39(41,42)40(43,44)45/h2,4-5,10-11,13-14,25,29,33-34,36,46H,3,6-9,12,15-24,26-27H2,1H3/t29-,33-,34+,36-,37+,38+/m1/s1. The summed E-state index contributed by atoms with van der Waals surface area (Å²) >= 11 is 1.50. The summed E-state index contributed by atoms with van der Waals surface area (Å²) in [6, 6.07) is 16.9. The lowest BCUT2D eigenvalue weighted by Gasteiger charge is -2.51. The first kappa shape index (κ1) is 36.7. The molecule has 0 aromatic heterocycles. The van der Waals surface area contributed by atoms with Gasteiger partial charge in [-0.15, -0.1) is 0 Å². The topological polar surface area (TPSA) is 38.3 Å². The van der Waals surface area contributed by atoms with Gasteiger partial charge in [-0.3, -0.25) is 4.79 Å². The van der Waals surface area contributed by atoms with Crippen molar-refractivity contribution in [2.24, 2.45) is 23.2 Å². The van der Waals surface area contributed by atoms with Crippen LogP contribution in [0.5, 0.6) is 5.75 Å². The number of Topliss-reactive ketones (excluding diaryl/α,β-unsaturated/α-hetero) is 1. The van der Waals surface area contributed by atoms with Crippen LogP contribution in [0.3, 0.4) is 0 Å². The number of nitrogens with one attached hydrogen (secondary N) is 1. The molecule has 3 nitrogen and oxygen atoms in total. The molecule has 1 aliphatic heterocycles. The number of ketones is 1. The maximum Gasteiger partial charge on any atom is 0.453 e. The highest BCUT2D eigenvalue weighted by atomic mass is 32.2. The van der Waals surface area contributed by atoms with Crippen LogP contribution in [0.15, 0.2) is 48.5 Å². The minimum Gasteiger partial charge on any atom is -0.489 e. The predicted octanol–water partition coefficient (Wildman–Crippen LogP) is 10.7. The quantitative estimate of drug-likeness (QED) is 0.148. The maximum absolute atomic E-state index is 13.3. The molecule has 2 aromatic carbocycles. The van der Waals surface area contributed by atoms with Crippen molar-refractivity contribution in [3.05, 3.63) is 65.2 Å². The van der Waals surface area contributed by atoms with E-state index in [0.717, 1.165) is 94.2 Å². The summed E-state index contributed by atoms with van der Waals surface area (Å²) < 4.78 is 70.4. The van der Waals surface area contributed by atoms with Crippen LogP contribution in [0.4, 0.5) is 22.0 Å². The van der Waals surface area contributed by atoms with Crippen molar-refractivity contribution in [3.63, 3.8) is 0 Å². The molecule has 3 aliphatic carbocycles. The van der Waals surface area contributed by atoms with Gasteiger partial charge >= 0.3 is 12.1 Å². The van der Waals surface area contributed by atoms with Crippen LogP contribution in [0, 0.1) is 23.2 Å². The average Bonchev–Trinajstić information content (AvgIpc) is 3.66. The molecule has 0 bridgehead atoms. The fourth-order valence-corrected chi connectivity index (χ4v) is 11.1. The van der Waals surface area contributed by atoms with Crippen molar-refractivity contribution in [1.29, 1.82) is 0 Å². The SMILES string of the molecule is C[C@]12CC[C@@H]3c4ccc(OCc5ccccc5)cc4C[C@@H](CCCCC[C@@]4(CSCCCC(F)(F)C(F)(F)F)CCCN4)[C@H]3[C@@H]1CCC2=O. The van der Waals surface area contributed by atoms with Crippen molar-refractivity contribution < 1.29 is 31.5 Å². The Morgan fingerprint density at radius 2 is 1.80 bits per heavy atom. The number of fused-ring (bicyclic) bond motifs is 5. The second kappa shape index (κ2) is 15.2. The second-order valence-electron chi connectivity index (χ2n) is 15.6. The third-order valence-corrected chi connectivity index (χ3v) is 13.8. The summed E-state index contributed by atoms with van der Waals surface area (Å²) in [5.41, 5.74) is 3.77. The molecule has 0 radical (unpaired) electrons. The van der Waals surface area contributed by atoms with Gasteiger partial charge in [0, 0.05) is 29.5 Å². The molecule has 270 valence electrons. The highest BCUT2D eigenvalue weighted by Gasteiger charge is 2.57. The number of carbonyl (C=O) groups is 1. The minimum absolute atomic E-state index is 0.0579. The monoisotopic (exact) mass is 705 g/mol. The van der Waals surface area contributed by atoms with E-state index in [0.29, 0.717) is 48.2 Å². The molecule has 6 atom stereocenters. The first-order valence-corrected chi connectivity index (χ1v) is 19.7. The van der Waals surface area contributed by atoms with Gasteiger partial charge in [0.25, 0.3) is 0 Å². The van der Waals surface area contributed by atoms with E-state index >= 15 is 0 Å². The zero-order chi connectivity index (χ0) is 34.7. The fraction of sp³-hybridized carbons (Fsp3) is 0.675. The molecular weight excluding hydrogens is 654 g/mol. The smallest absolute Gasteiger partial charge is 0.453 e. The third-order valence-electron chi connectivity index (χ3n) is 12.5. The van der Waals surface area contributed by atoms with E-state index in [2.05, 4.69) is 42.6 Å². The molecule has 1 saturated heterocycles. The van der Waals surface area contributed by atoms with Gasteiger partial charge < -0.3 is 10.1 Å². The molecule has 6 rings (SSSR count). The Hall–Kier alpha value is -2.13. The second-order valence-corrected chi connectivity index (χ2v) is 16.7. The van der Waals surface area contributed by atoms with Crippen LogP contribution in [0.2, 0.25) is 0 Å². The van der Waals surface area contributed by atoms with Gasteiger partial charge in [0.1, 0.15) is 18.1 Å². The number of carbonyl (C=O) groups excluding carboxylic acids is 1. The number of hydrogen-bond acceptors (Lipinski definition) is 4. The van der Waals surface area contributed by atoms with Crippen molar-refractivity contribution in [1.82, 2.24) is 5.32 Å². The number of thioether (sulfide) groups is 1.